The van der Waals surface area contributed by atoms with Crippen LogP contribution in [0.2, 0.25) is 0 Å². The van der Waals surface area contributed by atoms with Gasteiger partial charge in [-0.25, -0.2) is 0 Å². The first-order valence-corrected chi connectivity index (χ1v) is 5.66. The van der Waals surface area contributed by atoms with Gasteiger partial charge in [0.25, 0.3) is 0 Å². The van der Waals surface area contributed by atoms with Gasteiger partial charge >= 0.3 is 0 Å². The number of halogens is 1. The fourth-order valence-electron chi connectivity index (χ4n) is 1.93. The quantitative estimate of drug-likeness (QED) is 0.852. The lowest BCUT2D eigenvalue weighted by atomic mass is 9.93. The summed E-state index contributed by atoms with van der Waals surface area (Å²) >= 11 is 3.44. The van der Waals surface area contributed by atoms with E-state index in [0.29, 0.717) is 0 Å². The van der Waals surface area contributed by atoms with Crippen molar-refractivity contribution in [3.05, 3.63) is 28.2 Å². The lowest BCUT2D eigenvalue weighted by molar-refractivity contribution is 0.211. The van der Waals surface area contributed by atoms with E-state index >= 15 is 0 Å². The summed E-state index contributed by atoms with van der Waals surface area (Å²) in [7, 11) is 0. The van der Waals surface area contributed by atoms with Crippen molar-refractivity contribution in [1.29, 1.82) is 0 Å². The Labute approximate surface area is 92.5 Å². The molecule has 1 unspecified atom stereocenters. The molecule has 1 heterocycles. The molecule has 1 aromatic rings. The Morgan fingerprint density at radius 2 is 2.36 bits per heavy atom. The summed E-state index contributed by atoms with van der Waals surface area (Å²) in [5.74, 6) is 0. The summed E-state index contributed by atoms with van der Waals surface area (Å²) in [6, 6.07) is 6.23. The summed E-state index contributed by atoms with van der Waals surface area (Å²) in [6.07, 6.45) is 1.86. The molecule has 3 heteroatoms. The minimum atomic E-state index is -0.136. The number of rotatable bonds is 2. The van der Waals surface area contributed by atoms with Gasteiger partial charge in [0.1, 0.15) is 0 Å². The van der Waals surface area contributed by atoms with Crippen molar-refractivity contribution in [3.63, 3.8) is 0 Å². The summed E-state index contributed by atoms with van der Waals surface area (Å²) < 4.78 is 1.08. The average molecular weight is 256 g/mol. The Kier molecular flexibility index (Phi) is 2.54. The van der Waals surface area contributed by atoms with E-state index in [-0.39, 0.29) is 12.1 Å². The third-order valence-electron chi connectivity index (χ3n) is 2.98. The maximum Gasteiger partial charge on any atom is 0.0664 e. The highest BCUT2D eigenvalue weighted by Gasteiger charge is 2.34. The Morgan fingerprint density at radius 3 is 3.00 bits per heavy atom. The van der Waals surface area contributed by atoms with Crippen LogP contribution in [-0.2, 0) is 6.42 Å². The standard InChI is InChI=1S/C11H14BrNO/c1-2-11(7-14)6-8-3-4-9(12)5-10(8)13-11/h3-5,13-14H,2,6-7H2,1H3. The van der Waals surface area contributed by atoms with Crippen LogP contribution in [0.15, 0.2) is 22.7 Å². The zero-order chi connectivity index (χ0) is 10.2. The van der Waals surface area contributed by atoms with E-state index in [4.69, 9.17) is 0 Å². The summed E-state index contributed by atoms with van der Waals surface area (Å²) in [5.41, 5.74) is 2.31. The van der Waals surface area contributed by atoms with Gasteiger partial charge in [-0.3, -0.25) is 0 Å². The Balaban J connectivity index is 2.33. The first-order valence-electron chi connectivity index (χ1n) is 4.86. The van der Waals surface area contributed by atoms with Gasteiger partial charge in [-0.1, -0.05) is 28.9 Å². The van der Waals surface area contributed by atoms with E-state index in [0.717, 1.165) is 23.0 Å². The molecular weight excluding hydrogens is 242 g/mol. The van der Waals surface area contributed by atoms with Gasteiger partial charge in [0.05, 0.1) is 12.1 Å². The topological polar surface area (TPSA) is 32.3 Å². The molecule has 0 bridgehead atoms. The van der Waals surface area contributed by atoms with Crippen molar-refractivity contribution in [2.45, 2.75) is 25.3 Å². The van der Waals surface area contributed by atoms with Gasteiger partial charge in [-0.15, -0.1) is 0 Å². The molecular formula is C11H14BrNO. The fraction of sp³-hybridized carbons (Fsp3) is 0.455. The van der Waals surface area contributed by atoms with Crippen LogP contribution in [0, 0.1) is 0 Å². The number of hydrogen-bond acceptors (Lipinski definition) is 2. The van der Waals surface area contributed by atoms with Crippen LogP contribution >= 0.6 is 15.9 Å². The number of nitrogens with one attached hydrogen (secondary N) is 1. The second kappa shape index (κ2) is 3.55. The fourth-order valence-corrected chi connectivity index (χ4v) is 2.30. The molecule has 2 rings (SSSR count). The molecule has 0 spiro atoms. The van der Waals surface area contributed by atoms with E-state index in [1.54, 1.807) is 0 Å². The van der Waals surface area contributed by atoms with Crippen molar-refractivity contribution in [2.75, 3.05) is 11.9 Å². The largest absolute Gasteiger partial charge is 0.394 e. The Morgan fingerprint density at radius 1 is 1.57 bits per heavy atom. The SMILES string of the molecule is CCC1(CO)Cc2ccc(Br)cc2N1. The molecule has 14 heavy (non-hydrogen) atoms. The number of hydrogen-bond donors (Lipinski definition) is 2. The van der Waals surface area contributed by atoms with Crippen LogP contribution in [0.3, 0.4) is 0 Å². The maximum atomic E-state index is 9.38. The predicted molar refractivity (Wildman–Crippen MR) is 61.6 cm³/mol. The first-order chi connectivity index (χ1) is 6.69. The monoisotopic (exact) mass is 255 g/mol. The molecule has 1 atom stereocenters. The van der Waals surface area contributed by atoms with Crippen LogP contribution in [0.4, 0.5) is 5.69 Å². The molecule has 2 nitrogen and oxygen atoms in total. The molecule has 1 aliphatic heterocycles. The zero-order valence-corrected chi connectivity index (χ0v) is 9.76. The molecule has 0 radical (unpaired) electrons. The average Bonchev–Trinajstić information content (AvgIpc) is 2.56. The summed E-state index contributed by atoms with van der Waals surface area (Å²) in [5, 5.41) is 12.8. The van der Waals surface area contributed by atoms with E-state index in [1.165, 1.54) is 5.56 Å². The van der Waals surface area contributed by atoms with Crippen molar-refractivity contribution >= 4 is 21.6 Å². The number of anilines is 1. The molecule has 0 aromatic heterocycles. The normalized spacial score (nSPS) is 24.5. The van der Waals surface area contributed by atoms with Gasteiger partial charge in [-0.05, 0) is 30.5 Å². The third kappa shape index (κ3) is 1.55. The highest BCUT2D eigenvalue weighted by Crippen LogP contribution is 2.35. The van der Waals surface area contributed by atoms with E-state index in [1.807, 2.05) is 6.07 Å². The predicted octanol–water partition coefficient (Wildman–Crippen LogP) is 2.56. The molecule has 1 aromatic carbocycles. The lowest BCUT2D eigenvalue weighted by Crippen LogP contribution is -2.39. The van der Waals surface area contributed by atoms with Crippen molar-refractivity contribution < 1.29 is 5.11 Å². The molecule has 0 saturated heterocycles. The van der Waals surface area contributed by atoms with E-state index < -0.39 is 0 Å². The molecule has 0 saturated carbocycles. The van der Waals surface area contributed by atoms with Crippen molar-refractivity contribution in [2.24, 2.45) is 0 Å². The number of aliphatic hydroxyl groups excluding tert-OH is 1. The molecule has 2 N–H and O–H groups in total. The first kappa shape index (κ1) is 9.99. The van der Waals surface area contributed by atoms with Crippen LogP contribution in [0.1, 0.15) is 18.9 Å². The van der Waals surface area contributed by atoms with Crippen molar-refractivity contribution in [1.82, 2.24) is 0 Å². The summed E-state index contributed by atoms with van der Waals surface area (Å²) in [6.45, 7) is 2.29. The Hall–Kier alpha value is -0.540. The van der Waals surface area contributed by atoms with Crippen molar-refractivity contribution in [3.8, 4) is 0 Å². The zero-order valence-electron chi connectivity index (χ0n) is 8.18. The highest BCUT2D eigenvalue weighted by molar-refractivity contribution is 9.10. The molecule has 76 valence electrons. The molecule has 0 aliphatic carbocycles. The number of fused-ring (bicyclic) bond motifs is 1. The van der Waals surface area contributed by atoms with E-state index in [2.05, 4.69) is 40.3 Å². The smallest absolute Gasteiger partial charge is 0.0664 e. The lowest BCUT2D eigenvalue weighted by Gasteiger charge is -2.25. The highest BCUT2D eigenvalue weighted by atomic mass is 79.9. The van der Waals surface area contributed by atoms with E-state index in [9.17, 15) is 5.11 Å². The van der Waals surface area contributed by atoms with Crippen LogP contribution in [0.25, 0.3) is 0 Å². The van der Waals surface area contributed by atoms with Gasteiger partial charge in [0, 0.05) is 10.2 Å². The summed E-state index contributed by atoms with van der Waals surface area (Å²) in [4.78, 5) is 0. The molecule has 0 fully saturated rings. The minimum Gasteiger partial charge on any atom is -0.394 e. The number of aliphatic hydroxyl groups is 1. The van der Waals surface area contributed by atoms with Crippen LogP contribution < -0.4 is 5.32 Å². The van der Waals surface area contributed by atoms with Gasteiger partial charge in [-0.2, -0.15) is 0 Å². The van der Waals surface area contributed by atoms with Gasteiger partial charge in [0.15, 0.2) is 0 Å². The van der Waals surface area contributed by atoms with Crippen LogP contribution in [0.5, 0.6) is 0 Å². The van der Waals surface area contributed by atoms with Gasteiger partial charge < -0.3 is 10.4 Å². The minimum absolute atomic E-state index is 0.136. The second-order valence-corrected chi connectivity index (χ2v) is 4.81. The van der Waals surface area contributed by atoms with Crippen LogP contribution in [-0.4, -0.2) is 17.3 Å². The second-order valence-electron chi connectivity index (χ2n) is 3.90. The third-order valence-corrected chi connectivity index (χ3v) is 3.47. The maximum absolute atomic E-state index is 9.38. The molecule has 1 aliphatic rings. The number of benzene rings is 1. The molecule has 0 amide bonds. The Bertz CT molecular complexity index is 347. The van der Waals surface area contributed by atoms with Gasteiger partial charge in [0.2, 0.25) is 0 Å².